The Kier molecular flexibility index (Phi) is 4.36. The Labute approximate surface area is 124 Å². The molecule has 2 rings (SSSR count). The van der Waals surface area contributed by atoms with Crippen molar-refractivity contribution in [2.24, 2.45) is 5.73 Å². The Morgan fingerprint density at radius 1 is 1.38 bits per heavy atom. The van der Waals surface area contributed by atoms with Gasteiger partial charge in [0, 0.05) is 18.2 Å². The molecule has 6 nitrogen and oxygen atoms in total. The Morgan fingerprint density at radius 3 is 2.67 bits per heavy atom. The van der Waals surface area contributed by atoms with Crippen molar-refractivity contribution >= 4 is 15.9 Å². The number of rotatable bonds is 3. The highest BCUT2D eigenvalue weighted by Crippen LogP contribution is 2.24. The number of carbonyl (C=O) groups excluding carboxylic acids is 1. The second-order valence-corrected chi connectivity index (χ2v) is 7.30. The van der Waals surface area contributed by atoms with Gasteiger partial charge in [-0.3, -0.25) is 4.79 Å². The Bertz CT molecular complexity index is 657. The predicted octanol–water partition coefficient (Wildman–Crippen LogP) is 0.892. The fourth-order valence-corrected chi connectivity index (χ4v) is 4.09. The van der Waals surface area contributed by atoms with Gasteiger partial charge in [0.25, 0.3) is 0 Å². The first-order chi connectivity index (χ1) is 9.73. The minimum absolute atomic E-state index is 0.0860. The molecule has 0 spiro atoms. The fourth-order valence-electron chi connectivity index (χ4n) is 2.37. The fraction of sp³-hybridized carbons (Fsp3) is 0.500. The summed E-state index contributed by atoms with van der Waals surface area (Å²) >= 11 is 0. The molecular formula is C14H20N2O4S. The molecule has 1 fully saturated rings. The molecule has 2 unspecified atom stereocenters. The van der Waals surface area contributed by atoms with E-state index in [4.69, 9.17) is 10.5 Å². The normalized spacial score (nSPS) is 24.0. The number of morpholine rings is 1. The summed E-state index contributed by atoms with van der Waals surface area (Å²) in [5.74, 6) is -0.632. The Morgan fingerprint density at radius 2 is 2.05 bits per heavy atom. The van der Waals surface area contributed by atoms with Crippen LogP contribution in [0.5, 0.6) is 0 Å². The monoisotopic (exact) mass is 312 g/mol. The zero-order valence-corrected chi connectivity index (χ0v) is 13.2. The van der Waals surface area contributed by atoms with Gasteiger partial charge in [0.05, 0.1) is 17.6 Å². The van der Waals surface area contributed by atoms with E-state index in [1.807, 2.05) is 6.92 Å². The highest BCUT2D eigenvalue weighted by atomic mass is 32.2. The molecule has 0 bridgehead atoms. The maximum absolute atomic E-state index is 12.7. The predicted molar refractivity (Wildman–Crippen MR) is 78.5 cm³/mol. The molecule has 0 aliphatic carbocycles. The molecule has 1 saturated heterocycles. The van der Waals surface area contributed by atoms with Gasteiger partial charge < -0.3 is 10.5 Å². The van der Waals surface area contributed by atoms with Crippen LogP contribution in [0, 0.1) is 6.92 Å². The lowest BCUT2D eigenvalue weighted by Gasteiger charge is -2.35. The van der Waals surface area contributed by atoms with Crippen LogP contribution >= 0.6 is 0 Å². The van der Waals surface area contributed by atoms with Gasteiger partial charge in [-0.2, -0.15) is 4.31 Å². The van der Waals surface area contributed by atoms with Crippen molar-refractivity contribution in [3.05, 3.63) is 29.3 Å². The van der Waals surface area contributed by atoms with Crippen molar-refractivity contribution < 1.29 is 17.9 Å². The van der Waals surface area contributed by atoms with Crippen LogP contribution in [0.25, 0.3) is 0 Å². The third kappa shape index (κ3) is 3.09. The first-order valence-corrected chi connectivity index (χ1v) is 8.21. The molecule has 1 aliphatic heterocycles. The van der Waals surface area contributed by atoms with Crippen molar-refractivity contribution in [1.82, 2.24) is 4.31 Å². The lowest BCUT2D eigenvalue weighted by molar-refractivity contribution is -0.0170. The van der Waals surface area contributed by atoms with Gasteiger partial charge in [-0.1, -0.05) is 6.07 Å². The van der Waals surface area contributed by atoms with Gasteiger partial charge in [0.15, 0.2) is 0 Å². The van der Waals surface area contributed by atoms with Crippen molar-refractivity contribution in [2.75, 3.05) is 13.2 Å². The van der Waals surface area contributed by atoms with E-state index in [9.17, 15) is 13.2 Å². The molecule has 21 heavy (non-hydrogen) atoms. The van der Waals surface area contributed by atoms with Crippen molar-refractivity contribution in [3.8, 4) is 0 Å². The minimum Gasteiger partial charge on any atom is -0.375 e. The molecule has 7 heteroatoms. The number of hydrogen-bond acceptors (Lipinski definition) is 4. The molecule has 2 atom stereocenters. The van der Waals surface area contributed by atoms with Crippen LogP contribution in [0.15, 0.2) is 23.1 Å². The number of benzene rings is 1. The molecule has 0 radical (unpaired) electrons. The van der Waals surface area contributed by atoms with Crippen LogP contribution < -0.4 is 5.73 Å². The number of aryl methyl sites for hydroxylation is 1. The summed E-state index contributed by atoms with van der Waals surface area (Å²) < 4.78 is 32.4. The summed E-state index contributed by atoms with van der Waals surface area (Å²) in [5, 5.41) is 0. The largest absolute Gasteiger partial charge is 0.375 e. The molecule has 1 aliphatic rings. The van der Waals surface area contributed by atoms with E-state index in [0.717, 1.165) is 0 Å². The topological polar surface area (TPSA) is 89.7 Å². The van der Waals surface area contributed by atoms with Gasteiger partial charge in [-0.05, 0) is 38.5 Å². The van der Waals surface area contributed by atoms with E-state index >= 15 is 0 Å². The van der Waals surface area contributed by atoms with Gasteiger partial charge in [-0.25, -0.2) is 8.42 Å². The van der Waals surface area contributed by atoms with Gasteiger partial charge in [0.1, 0.15) is 0 Å². The molecule has 0 saturated carbocycles. The third-order valence-corrected chi connectivity index (χ3v) is 5.61. The SMILES string of the molecule is Cc1ccc(S(=O)(=O)N2CC(C)OCC2C)cc1C(N)=O. The average molecular weight is 312 g/mol. The zero-order chi connectivity index (χ0) is 15.8. The number of nitrogens with two attached hydrogens (primary N) is 1. The molecule has 1 aromatic rings. The number of hydrogen-bond donors (Lipinski definition) is 1. The van der Waals surface area contributed by atoms with Crippen LogP contribution in [0.2, 0.25) is 0 Å². The van der Waals surface area contributed by atoms with Crippen molar-refractivity contribution in [1.29, 1.82) is 0 Å². The van der Waals surface area contributed by atoms with E-state index in [0.29, 0.717) is 18.7 Å². The van der Waals surface area contributed by atoms with E-state index in [1.54, 1.807) is 19.9 Å². The van der Waals surface area contributed by atoms with Gasteiger partial charge in [-0.15, -0.1) is 0 Å². The Hall–Kier alpha value is -1.44. The molecule has 2 N–H and O–H groups in total. The van der Waals surface area contributed by atoms with E-state index in [1.165, 1.54) is 16.4 Å². The lowest BCUT2D eigenvalue weighted by Crippen LogP contribution is -2.50. The van der Waals surface area contributed by atoms with Crippen molar-refractivity contribution in [2.45, 2.75) is 37.8 Å². The first-order valence-electron chi connectivity index (χ1n) is 6.77. The van der Waals surface area contributed by atoms with Gasteiger partial charge in [0.2, 0.25) is 15.9 Å². The number of carbonyl (C=O) groups is 1. The summed E-state index contributed by atoms with van der Waals surface area (Å²) in [6.07, 6.45) is -0.156. The quantitative estimate of drug-likeness (QED) is 0.897. The molecule has 1 aromatic carbocycles. The standard InChI is InChI=1S/C14H20N2O4S/c1-9-4-5-12(6-13(9)14(15)17)21(18,19)16-7-11(3)20-8-10(16)2/h4-6,10-11H,7-8H2,1-3H3,(H2,15,17). The number of primary amides is 1. The van der Waals surface area contributed by atoms with Crippen LogP contribution in [-0.2, 0) is 14.8 Å². The maximum atomic E-state index is 12.7. The highest BCUT2D eigenvalue weighted by molar-refractivity contribution is 7.89. The minimum atomic E-state index is -3.67. The molecule has 0 aromatic heterocycles. The first kappa shape index (κ1) is 15.9. The van der Waals surface area contributed by atoms with E-state index in [2.05, 4.69) is 0 Å². The summed E-state index contributed by atoms with van der Waals surface area (Å²) in [7, 11) is -3.67. The lowest BCUT2D eigenvalue weighted by atomic mass is 10.1. The summed E-state index contributed by atoms with van der Waals surface area (Å²) in [6, 6.07) is 4.20. The Balaban J connectivity index is 2.44. The summed E-state index contributed by atoms with van der Waals surface area (Å²) in [4.78, 5) is 11.5. The maximum Gasteiger partial charge on any atom is 0.249 e. The molecule has 116 valence electrons. The number of ether oxygens (including phenoxy) is 1. The summed E-state index contributed by atoms with van der Waals surface area (Å²) in [6.45, 7) is 6.00. The van der Waals surface area contributed by atoms with Crippen LogP contribution in [-0.4, -0.2) is 43.9 Å². The second-order valence-electron chi connectivity index (χ2n) is 5.41. The van der Waals surface area contributed by atoms with Crippen LogP contribution in [0.1, 0.15) is 29.8 Å². The van der Waals surface area contributed by atoms with Gasteiger partial charge >= 0.3 is 0 Å². The van der Waals surface area contributed by atoms with E-state index < -0.39 is 15.9 Å². The van der Waals surface area contributed by atoms with Crippen LogP contribution in [0.4, 0.5) is 0 Å². The number of sulfonamides is 1. The molecule has 1 heterocycles. The van der Waals surface area contributed by atoms with Crippen molar-refractivity contribution in [3.63, 3.8) is 0 Å². The number of nitrogens with zero attached hydrogens (tertiary/aromatic N) is 1. The molecular weight excluding hydrogens is 292 g/mol. The van der Waals surface area contributed by atoms with E-state index in [-0.39, 0.29) is 22.6 Å². The highest BCUT2D eigenvalue weighted by Gasteiger charge is 2.34. The average Bonchev–Trinajstić information content (AvgIpc) is 2.41. The summed E-state index contributed by atoms with van der Waals surface area (Å²) in [5.41, 5.74) is 6.17. The van der Waals surface area contributed by atoms with Crippen LogP contribution in [0.3, 0.4) is 0 Å². The second kappa shape index (κ2) is 5.75. The third-order valence-electron chi connectivity index (χ3n) is 3.63. The smallest absolute Gasteiger partial charge is 0.249 e. The number of amides is 1. The zero-order valence-electron chi connectivity index (χ0n) is 12.4. The molecule has 1 amide bonds.